The third-order valence-electron chi connectivity index (χ3n) is 5.66. The van der Waals surface area contributed by atoms with E-state index < -0.39 is 28.0 Å². The number of benzene rings is 3. The van der Waals surface area contributed by atoms with Crippen LogP contribution in [-0.2, 0) is 21.2 Å². The summed E-state index contributed by atoms with van der Waals surface area (Å²) in [5.74, 6) is 0.593. The SMILES string of the molecule is Cc1ccccc1S(=O)(=O)NC(=O)NC(Cc1ccc(O)cc1)C(=O)N(C)c1ccc2c(c1)OCO2. The second-order valence-corrected chi connectivity index (χ2v) is 9.85. The normalized spacial score (nSPS) is 13.1. The quantitative estimate of drug-likeness (QED) is 0.444. The van der Waals surface area contributed by atoms with E-state index in [1.165, 1.54) is 30.1 Å². The molecule has 0 spiro atoms. The Morgan fingerprint density at radius 3 is 2.44 bits per heavy atom. The molecule has 4 rings (SSSR count). The number of phenols is 1. The van der Waals surface area contributed by atoms with Gasteiger partial charge in [-0.3, -0.25) is 4.79 Å². The Morgan fingerprint density at radius 2 is 1.72 bits per heavy atom. The number of phenolic OH excluding ortho intramolecular Hbond substituents is 1. The summed E-state index contributed by atoms with van der Waals surface area (Å²) in [6.07, 6.45) is 0.0475. The zero-order chi connectivity index (χ0) is 25.9. The molecule has 0 aliphatic carbocycles. The maximum atomic E-state index is 13.5. The second kappa shape index (κ2) is 10.2. The predicted molar refractivity (Wildman–Crippen MR) is 132 cm³/mol. The summed E-state index contributed by atoms with van der Waals surface area (Å²) < 4.78 is 38.2. The standard InChI is InChI=1S/C25H25N3O7S/c1-16-5-3-4-6-23(16)36(32,33)27-25(31)26-20(13-17-7-10-19(29)11-8-17)24(30)28(2)18-9-12-21-22(14-18)35-15-34-21/h3-12,14,20,29H,13,15H2,1-2H3,(H2,26,27,31). The molecule has 0 fully saturated rings. The average molecular weight is 512 g/mol. The summed E-state index contributed by atoms with van der Waals surface area (Å²) in [4.78, 5) is 27.5. The molecule has 3 aromatic carbocycles. The van der Waals surface area contributed by atoms with Crippen LogP contribution in [0.1, 0.15) is 11.1 Å². The lowest BCUT2D eigenvalue weighted by Gasteiger charge is -2.25. The summed E-state index contributed by atoms with van der Waals surface area (Å²) in [6.45, 7) is 1.70. The number of urea groups is 1. The number of fused-ring (bicyclic) bond motifs is 1. The minimum Gasteiger partial charge on any atom is -0.508 e. The van der Waals surface area contributed by atoms with Crippen molar-refractivity contribution < 1.29 is 32.6 Å². The van der Waals surface area contributed by atoms with Gasteiger partial charge in [0, 0.05) is 25.2 Å². The lowest BCUT2D eigenvalue weighted by molar-refractivity contribution is -0.120. The molecule has 1 aliphatic heterocycles. The maximum Gasteiger partial charge on any atom is 0.329 e. The summed E-state index contributed by atoms with van der Waals surface area (Å²) in [5.41, 5.74) is 1.61. The molecule has 10 nitrogen and oxygen atoms in total. The van der Waals surface area contributed by atoms with E-state index >= 15 is 0 Å². The number of nitrogens with zero attached hydrogens (tertiary/aromatic N) is 1. The number of sulfonamides is 1. The first kappa shape index (κ1) is 24.9. The average Bonchev–Trinajstić information content (AvgIpc) is 3.32. The lowest BCUT2D eigenvalue weighted by atomic mass is 10.0. The van der Waals surface area contributed by atoms with Crippen LogP contribution in [0.4, 0.5) is 10.5 Å². The van der Waals surface area contributed by atoms with Gasteiger partial charge in [0.25, 0.3) is 10.0 Å². The van der Waals surface area contributed by atoms with Gasteiger partial charge in [0.2, 0.25) is 12.7 Å². The molecule has 0 radical (unpaired) electrons. The maximum absolute atomic E-state index is 13.5. The number of rotatable bonds is 7. The molecule has 36 heavy (non-hydrogen) atoms. The van der Waals surface area contributed by atoms with Crippen LogP contribution in [0, 0.1) is 6.92 Å². The summed E-state index contributed by atoms with van der Waals surface area (Å²) in [7, 11) is -2.63. The van der Waals surface area contributed by atoms with Gasteiger partial charge in [-0.05, 0) is 48.4 Å². The van der Waals surface area contributed by atoms with Crippen molar-refractivity contribution in [3.63, 3.8) is 0 Å². The first-order valence-corrected chi connectivity index (χ1v) is 12.5. The van der Waals surface area contributed by atoms with E-state index in [0.717, 1.165) is 0 Å². The Bertz CT molecular complexity index is 1390. The molecule has 1 unspecified atom stereocenters. The predicted octanol–water partition coefficient (Wildman–Crippen LogP) is 2.69. The largest absolute Gasteiger partial charge is 0.508 e. The summed E-state index contributed by atoms with van der Waals surface area (Å²) in [6, 6.07) is 15.2. The lowest BCUT2D eigenvalue weighted by Crippen LogP contribution is -2.52. The smallest absolute Gasteiger partial charge is 0.329 e. The van der Waals surface area contributed by atoms with Gasteiger partial charge in [-0.25, -0.2) is 17.9 Å². The molecule has 3 amide bonds. The van der Waals surface area contributed by atoms with Gasteiger partial charge in [0.1, 0.15) is 11.8 Å². The number of anilines is 1. The number of likely N-dealkylation sites (N-methyl/N-ethyl adjacent to an activating group) is 1. The number of amides is 3. The molecule has 3 aromatic rings. The number of hydrogen-bond donors (Lipinski definition) is 3. The highest BCUT2D eigenvalue weighted by atomic mass is 32.2. The highest BCUT2D eigenvalue weighted by Gasteiger charge is 2.28. The molecule has 0 saturated heterocycles. The molecule has 0 saturated carbocycles. The Labute approximate surface area is 208 Å². The number of nitrogens with one attached hydrogen (secondary N) is 2. The van der Waals surface area contributed by atoms with Crippen molar-refractivity contribution in [2.45, 2.75) is 24.3 Å². The number of ether oxygens (including phenoxy) is 2. The van der Waals surface area contributed by atoms with Crippen LogP contribution in [0.5, 0.6) is 17.2 Å². The molecule has 1 aliphatic rings. The minimum atomic E-state index is -4.17. The minimum absolute atomic E-state index is 0.0426. The Morgan fingerprint density at radius 1 is 1.03 bits per heavy atom. The van der Waals surface area contributed by atoms with E-state index in [1.807, 2.05) is 4.72 Å². The number of carbonyl (C=O) groups excluding carboxylic acids is 2. The van der Waals surface area contributed by atoms with E-state index in [-0.39, 0.29) is 23.9 Å². The van der Waals surface area contributed by atoms with Crippen LogP contribution in [0.15, 0.2) is 71.6 Å². The number of aryl methyl sites for hydroxylation is 1. The Kier molecular flexibility index (Phi) is 7.02. The topological polar surface area (TPSA) is 134 Å². The van der Waals surface area contributed by atoms with Crippen LogP contribution in [0.2, 0.25) is 0 Å². The Balaban J connectivity index is 1.56. The molecule has 1 atom stereocenters. The molecular weight excluding hydrogens is 486 g/mol. The van der Waals surface area contributed by atoms with E-state index in [9.17, 15) is 23.1 Å². The zero-order valence-corrected chi connectivity index (χ0v) is 20.4. The highest BCUT2D eigenvalue weighted by Crippen LogP contribution is 2.35. The highest BCUT2D eigenvalue weighted by molar-refractivity contribution is 7.90. The fourth-order valence-electron chi connectivity index (χ4n) is 3.75. The molecule has 3 N–H and O–H groups in total. The van der Waals surface area contributed by atoms with Crippen molar-refractivity contribution in [3.8, 4) is 17.2 Å². The van der Waals surface area contributed by atoms with Gasteiger partial charge in [-0.2, -0.15) is 0 Å². The first-order valence-electron chi connectivity index (χ1n) is 11.0. The molecule has 0 aromatic heterocycles. The monoisotopic (exact) mass is 511 g/mol. The van der Waals surface area contributed by atoms with Crippen molar-refractivity contribution in [3.05, 3.63) is 77.9 Å². The van der Waals surface area contributed by atoms with E-state index in [2.05, 4.69) is 5.32 Å². The van der Waals surface area contributed by atoms with Gasteiger partial charge in [0.15, 0.2) is 11.5 Å². The fraction of sp³-hybridized carbons (Fsp3) is 0.200. The van der Waals surface area contributed by atoms with Crippen molar-refractivity contribution in [2.24, 2.45) is 0 Å². The van der Waals surface area contributed by atoms with Gasteiger partial charge < -0.3 is 24.8 Å². The second-order valence-electron chi connectivity index (χ2n) is 8.20. The fourth-order valence-corrected chi connectivity index (χ4v) is 4.91. The summed E-state index contributed by atoms with van der Waals surface area (Å²) >= 11 is 0. The first-order chi connectivity index (χ1) is 17.1. The van der Waals surface area contributed by atoms with Crippen molar-refractivity contribution in [1.82, 2.24) is 10.0 Å². The van der Waals surface area contributed by atoms with Gasteiger partial charge >= 0.3 is 6.03 Å². The van der Waals surface area contributed by atoms with Crippen LogP contribution in [0.3, 0.4) is 0 Å². The molecule has 11 heteroatoms. The van der Waals surface area contributed by atoms with Crippen LogP contribution in [-0.4, -0.2) is 45.3 Å². The van der Waals surface area contributed by atoms with Crippen molar-refractivity contribution >= 4 is 27.6 Å². The molecule has 1 heterocycles. The van der Waals surface area contributed by atoms with Crippen molar-refractivity contribution in [2.75, 3.05) is 18.7 Å². The van der Waals surface area contributed by atoms with E-state index in [1.54, 1.807) is 55.5 Å². The number of carbonyl (C=O) groups is 2. The van der Waals surface area contributed by atoms with Gasteiger partial charge in [0.05, 0.1) is 4.90 Å². The number of hydrogen-bond acceptors (Lipinski definition) is 7. The van der Waals surface area contributed by atoms with Gasteiger partial charge in [-0.15, -0.1) is 0 Å². The van der Waals surface area contributed by atoms with Crippen LogP contribution in [0.25, 0.3) is 0 Å². The zero-order valence-electron chi connectivity index (χ0n) is 19.6. The third-order valence-corrected chi connectivity index (χ3v) is 7.16. The van der Waals surface area contributed by atoms with Crippen LogP contribution >= 0.6 is 0 Å². The molecule has 188 valence electrons. The van der Waals surface area contributed by atoms with Crippen LogP contribution < -0.4 is 24.4 Å². The Hall–Kier alpha value is -4.25. The third kappa shape index (κ3) is 5.52. The van der Waals surface area contributed by atoms with Crippen molar-refractivity contribution in [1.29, 1.82) is 0 Å². The summed E-state index contributed by atoms with van der Waals surface area (Å²) in [5, 5.41) is 12.1. The van der Waals surface area contributed by atoms with Gasteiger partial charge in [-0.1, -0.05) is 30.3 Å². The number of aromatic hydroxyl groups is 1. The van der Waals surface area contributed by atoms with E-state index in [0.29, 0.717) is 28.3 Å². The molecule has 0 bridgehead atoms. The van der Waals surface area contributed by atoms with E-state index in [4.69, 9.17) is 9.47 Å². The molecular formula is C25H25N3O7S.